The summed E-state index contributed by atoms with van der Waals surface area (Å²) in [5.74, 6) is 1.46. The fraction of sp³-hybridized carbons (Fsp3) is 0.143. The Bertz CT molecular complexity index is 976. The molecule has 0 spiro atoms. The Labute approximate surface area is 222 Å². The van der Waals surface area contributed by atoms with Gasteiger partial charge >= 0.3 is 30.6 Å². The van der Waals surface area contributed by atoms with Crippen molar-refractivity contribution in [2.24, 2.45) is 5.73 Å². The van der Waals surface area contributed by atoms with Crippen molar-refractivity contribution >= 4 is 37.3 Å². The number of hydrogen-bond acceptors (Lipinski definition) is 3. The second-order valence-electron chi connectivity index (χ2n) is 6.94. The van der Waals surface area contributed by atoms with Gasteiger partial charge < -0.3 is 15.2 Å². The van der Waals surface area contributed by atoms with Crippen molar-refractivity contribution in [2.45, 2.75) is 6.42 Å². The van der Waals surface area contributed by atoms with Crippen LogP contribution >= 0.6 is 21.4 Å². The summed E-state index contributed by atoms with van der Waals surface area (Å²) in [6, 6.07) is 39.0. The summed E-state index contributed by atoms with van der Waals surface area (Å²) in [5, 5.41) is 4.19. The van der Waals surface area contributed by atoms with E-state index in [0.717, 1.165) is 23.5 Å². The van der Waals surface area contributed by atoms with Crippen molar-refractivity contribution in [1.29, 1.82) is 0 Å². The van der Waals surface area contributed by atoms with Crippen LogP contribution in [0, 0.1) is 6.07 Å². The Balaban J connectivity index is 0.000000239. The van der Waals surface area contributed by atoms with Crippen molar-refractivity contribution in [1.82, 2.24) is 0 Å². The summed E-state index contributed by atoms with van der Waals surface area (Å²) in [6.07, 6.45) is 0.750. The molecule has 4 rings (SSSR count). The molecule has 0 aromatic heterocycles. The van der Waals surface area contributed by atoms with Gasteiger partial charge in [-0.1, -0.05) is 91.0 Å². The van der Waals surface area contributed by atoms with Crippen molar-refractivity contribution in [3.05, 3.63) is 115 Å². The number of rotatable bonds is 7. The van der Waals surface area contributed by atoms with E-state index in [-0.39, 0.29) is 0 Å². The Hall–Kier alpha value is -1.99. The van der Waals surface area contributed by atoms with E-state index in [1.165, 1.54) is 15.9 Å². The van der Waals surface area contributed by atoms with Crippen LogP contribution in [-0.4, -0.2) is 20.8 Å². The molecule has 2 N–H and O–H groups in total. The molecule has 0 heterocycles. The molecular formula is C28H29BrNO2PPd. The van der Waals surface area contributed by atoms with E-state index in [9.17, 15) is 0 Å². The molecule has 0 amide bonds. The van der Waals surface area contributed by atoms with Crippen LogP contribution in [0.3, 0.4) is 0 Å². The Kier molecular flexibility index (Phi) is 13.8. The number of nitrogens with two attached hydrogens (primary N) is 1. The number of ether oxygens (including phenoxy) is 2. The molecule has 0 fully saturated rings. The summed E-state index contributed by atoms with van der Waals surface area (Å²) in [7, 11) is 2.79. The molecule has 0 atom stereocenters. The Morgan fingerprint density at radius 1 is 0.735 bits per heavy atom. The average molecular weight is 629 g/mol. The van der Waals surface area contributed by atoms with E-state index in [0.29, 0.717) is 6.54 Å². The first kappa shape index (κ1) is 28.3. The maximum absolute atomic E-state index is 5.46. The zero-order chi connectivity index (χ0) is 24.6. The SMILES string of the molecule is COc1cc[c-]c(CCN)c1OC.[Br][Pd+].c1ccc(P(c2ccccc2)c2ccccc2)cc1. The summed E-state index contributed by atoms with van der Waals surface area (Å²) < 4.78 is 10.3. The zero-order valence-corrected chi connectivity index (χ0v) is 23.3. The first-order chi connectivity index (χ1) is 16.8. The van der Waals surface area contributed by atoms with Crippen LogP contribution in [-0.2, 0) is 23.6 Å². The van der Waals surface area contributed by atoms with Gasteiger partial charge in [0.1, 0.15) is 0 Å². The van der Waals surface area contributed by atoms with Crippen LogP contribution in [0.2, 0.25) is 0 Å². The van der Waals surface area contributed by atoms with E-state index in [4.69, 9.17) is 15.2 Å². The van der Waals surface area contributed by atoms with Gasteiger partial charge in [0.25, 0.3) is 0 Å². The second kappa shape index (κ2) is 16.6. The fourth-order valence-electron chi connectivity index (χ4n) is 3.40. The Morgan fingerprint density at radius 3 is 1.53 bits per heavy atom. The third kappa shape index (κ3) is 8.35. The monoisotopic (exact) mass is 627 g/mol. The van der Waals surface area contributed by atoms with Crippen LogP contribution in [0.15, 0.2) is 103 Å². The topological polar surface area (TPSA) is 44.5 Å². The van der Waals surface area contributed by atoms with Gasteiger partial charge in [-0.3, -0.25) is 0 Å². The van der Waals surface area contributed by atoms with Crippen LogP contribution in [0.1, 0.15) is 5.56 Å². The van der Waals surface area contributed by atoms with Gasteiger partial charge in [0, 0.05) is 0 Å². The smallest absolute Gasteiger partial charge is 0.0134 e. The van der Waals surface area contributed by atoms with Crippen LogP contribution < -0.4 is 31.1 Å². The Morgan fingerprint density at radius 2 is 1.18 bits per heavy atom. The molecule has 0 saturated carbocycles. The molecule has 34 heavy (non-hydrogen) atoms. The molecular weight excluding hydrogens is 600 g/mol. The summed E-state index contributed by atoms with van der Waals surface area (Å²) in [6.45, 7) is 0.583. The van der Waals surface area contributed by atoms with Crippen molar-refractivity contribution in [3.8, 4) is 11.5 Å². The summed E-state index contributed by atoms with van der Waals surface area (Å²) in [5.41, 5.74) is 6.42. The number of benzene rings is 4. The molecule has 4 aromatic carbocycles. The normalized spacial score (nSPS) is 9.85. The van der Waals surface area contributed by atoms with Crippen LogP contribution in [0.4, 0.5) is 0 Å². The van der Waals surface area contributed by atoms with Crippen molar-refractivity contribution in [2.75, 3.05) is 20.8 Å². The van der Waals surface area contributed by atoms with Gasteiger partial charge in [-0.25, -0.2) is 0 Å². The number of methoxy groups -OCH3 is 2. The third-order valence-electron chi connectivity index (χ3n) is 4.85. The third-order valence-corrected chi connectivity index (χ3v) is 7.30. The van der Waals surface area contributed by atoms with Gasteiger partial charge in [-0.05, 0) is 36.8 Å². The van der Waals surface area contributed by atoms with E-state index in [2.05, 4.69) is 128 Å². The van der Waals surface area contributed by atoms with Crippen molar-refractivity contribution < 1.29 is 26.7 Å². The standard InChI is InChI=1S/C18H15P.C10H14NO2.BrH.Pd/c1-4-10-16(11-5-1)19(17-12-6-2-7-13-17)18-14-8-3-9-15-18;1-12-9-5-3-4-8(6-7-11)10(9)13-2;;/h1-15H;3,5H,6-7,11H2,1-2H3;1H;/q;-1;;+2/p-1. The summed E-state index contributed by atoms with van der Waals surface area (Å²) in [4.78, 5) is 0. The average Bonchev–Trinajstić information content (AvgIpc) is 2.92. The van der Waals surface area contributed by atoms with Gasteiger partial charge in [0.2, 0.25) is 0 Å². The molecule has 0 radical (unpaired) electrons. The predicted molar refractivity (Wildman–Crippen MR) is 145 cm³/mol. The first-order valence-electron chi connectivity index (χ1n) is 10.7. The van der Waals surface area contributed by atoms with Crippen LogP contribution in [0.25, 0.3) is 0 Å². The molecule has 0 aliphatic rings. The molecule has 0 bridgehead atoms. The minimum absolute atomic E-state index is 0.446. The minimum atomic E-state index is -0.446. The quantitative estimate of drug-likeness (QED) is 0.172. The molecule has 180 valence electrons. The minimum Gasteiger partial charge on any atom is -0.0622 e. The maximum atomic E-state index is 5.46. The largest absolute Gasteiger partial charge is 0.0622 e. The molecule has 4 aromatic rings. The molecule has 6 heteroatoms. The predicted octanol–water partition coefficient (Wildman–Crippen LogP) is 5.29. The molecule has 0 aliphatic heterocycles. The van der Waals surface area contributed by atoms with Gasteiger partial charge in [0.15, 0.2) is 0 Å². The molecule has 0 saturated heterocycles. The van der Waals surface area contributed by atoms with Gasteiger partial charge in [0.05, 0.1) is 25.7 Å². The van der Waals surface area contributed by atoms with E-state index >= 15 is 0 Å². The molecule has 3 nitrogen and oxygen atoms in total. The van der Waals surface area contributed by atoms with E-state index in [1.54, 1.807) is 14.2 Å². The van der Waals surface area contributed by atoms with E-state index < -0.39 is 7.92 Å². The van der Waals surface area contributed by atoms with Gasteiger partial charge in [-0.15, -0.1) is 11.6 Å². The van der Waals surface area contributed by atoms with E-state index in [1.807, 2.05) is 12.1 Å². The number of hydrogen-bond donors (Lipinski definition) is 1. The fourth-order valence-corrected chi connectivity index (χ4v) is 5.71. The summed E-state index contributed by atoms with van der Waals surface area (Å²) >= 11 is 5.35. The maximum Gasteiger partial charge on any atom is -0.0134 e. The molecule has 0 aliphatic carbocycles. The van der Waals surface area contributed by atoms with Crippen LogP contribution in [0.5, 0.6) is 11.5 Å². The number of halogens is 1. The first-order valence-corrected chi connectivity index (χ1v) is 15.6. The molecule has 0 unspecified atom stereocenters. The van der Waals surface area contributed by atoms with Gasteiger partial charge in [-0.2, -0.15) is 12.1 Å². The van der Waals surface area contributed by atoms with Crippen molar-refractivity contribution in [3.63, 3.8) is 0 Å². The second-order valence-corrected chi connectivity index (χ2v) is 9.16. The zero-order valence-electron chi connectivity index (χ0n) is 19.3.